The third kappa shape index (κ3) is 26.0. The fourth-order valence-corrected chi connectivity index (χ4v) is 18.0. The normalized spacial score (nSPS) is 12.1. The van der Waals surface area contributed by atoms with Crippen LogP contribution in [0.2, 0.25) is 0 Å². The maximum atomic E-state index is 11.6. The van der Waals surface area contributed by atoms with Crippen LogP contribution >= 0.6 is 45.7 Å². The maximum Gasteiger partial charge on any atom is 0.384 e. The van der Waals surface area contributed by atoms with Crippen molar-refractivity contribution in [1.29, 1.82) is 0 Å². The largest absolute Gasteiger partial charge is 0.398 e. The second kappa shape index (κ2) is 42.6. The summed E-state index contributed by atoms with van der Waals surface area (Å²) in [7, 11) is 0. The molecule has 0 aliphatic rings. The number of imidazole rings is 2. The maximum absolute atomic E-state index is 11.6. The SMILES string of the molecule is C.CC(C)(C)[n+]1[nH]cc2c(N)nnnc21.CC(C)(C)c1scc2c(=O)[nH]c(N)nc12.CC(C)(C)c1scc2c(N)ccnc12.CC(C)(C)c1snc2c(N)ncnc12.CC(C)(C)n1ccc2c(N)ccnc21.CC(C)(C)n1cnc2c(=O)[nH]cnc21.CC(C)(C)n1nnc2c(N)ncnc21.Cc1nc2c(C(C)(C)C)snc2c(=O)[nH]1.Cc1nc2c(ncn2C(C)(C)C)c(=O)[nH]1.Cc1nc2c(nnn2C(C)(C)C)c(=O)[nH]1. The van der Waals surface area contributed by atoms with Gasteiger partial charge in [0.15, 0.2) is 67.6 Å². The number of thiophene rings is 2. The van der Waals surface area contributed by atoms with E-state index in [0.29, 0.717) is 85.0 Å². The van der Waals surface area contributed by atoms with E-state index >= 15 is 0 Å². The van der Waals surface area contributed by atoms with E-state index in [1.54, 1.807) is 84.1 Å². The molecule has 18 N–H and O–H groups in total. The minimum atomic E-state index is -0.243. The van der Waals surface area contributed by atoms with Crippen LogP contribution in [0.3, 0.4) is 0 Å². The Bertz CT molecular complexity index is 7360. The molecule has 0 aliphatic heterocycles. The van der Waals surface area contributed by atoms with Crippen molar-refractivity contribution in [2.45, 2.75) is 291 Å². The minimum Gasteiger partial charge on any atom is -0.398 e. The average Bonchev–Trinajstić information content (AvgIpc) is 1.64. The van der Waals surface area contributed by atoms with Gasteiger partial charge in [0.05, 0.1) is 67.6 Å². The van der Waals surface area contributed by atoms with E-state index in [1.165, 1.54) is 46.9 Å². The second-order valence-electron chi connectivity index (χ2n) is 43.9. The van der Waals surface area contributed by atoms with Gasteiger partial charge >= 0.3 is 5.65 Å². The average molecular weight is 2060 g/mol. The van der Waals surface area contributed by atoms with Gasteiger partial charge in [-0.1, -0.05) is 106 Å². The Morgan fingerprint density at radius 3 is 1.37 bits per heavy atom. The smallest absolute Gasteiger partial charge is 0.384 e. The Balaban J connectivity index is 0.000000165. The Kier molecular flexibility index (Phi) is 32.9. The molecular formula is C96H135N40O5S4+. The number of nitrogens with one attached hydrogen (secondary N) is 6. The lowest BCUT2D eigenvalue weighted by Gasteiger charge is -2.21. The Hall–Kier alpha value is -14.9. The van der Waals surface area contributed by atoms with Gasteiger partial charge in [0.2, 0.25) is 5.95 Å². The van der Waals surface area contributed by atoms with E-state index in [2.05, 4.69) is 274 Å². The molecule has 0 fully saturated rings. The quantitative estimate of drug-likeness (QED) is 0.0627. The number of pyridine rings is 2. The highest BCUT2D eigenvalue weighted by Gasteiger charge is 2.31. The number of rotatable bonds is 0. The van der Waals surface area contributed by atoms with Crippen molar-refractivity contribution < 1.29 is 4.68 Å². The zero-order chi connectivity index (χ0) is 107. The van der Waals surface area contributed by atoms with Crippen LogP contribution in [0.4, 0.5) is 34.8 Å². The van der Waals surface area contributed by atoms with Gasteiger partial charge in [-0.3, -0.25) is 33.9 Å². The number of nitrogen functional groups attached to an aromatic ring is 6. The van der Waals surface area contributed by atoms with E-state index in [9.17, 15) is 24.0 Å². The van der Waals surface area contributed by atoms with Crippen LogP contribution in [0.15, 0.2) is 109 Å². The summed E-state index contributed by atoms with van der Waals surface area (Å²) in [6.07, 6.45) is 15.0. The first-order valence-electron chi connectivity index (χ1n) is 45.8. The summed E-state index contributed by atoms with van der Waals surface area (Å²) in [6.45, 7) is 67.8. The number of fused-ring (bicyclic) bond motifs is 10. The summed E-state index contributed by atoms with van der Waals surface area (Å²) in [5, 5.41) is 37.5. The van der Waals surface area contributed by atoms with E-state index in [1.807, 2.05) is 127 Å². The Morgan fingerprint density at radius 2 is 0.821 bits per heavy atom. The molecule has 0 aromatic carbocycles. The van der Waals surface area contributed by atoms with Crippen LogP contribution in [0, 0.1) is 20.8 Å². The highest BCUT2D eigenvalue weighted by Crippen LogP contribution is 2.39. The lowest BCUT2D eigenvalue weighted by Crippen LogP contribution is -2.52. The van der Waals surface area contributed by atoms with Gasteiger partial charge in [-0.25, -0.2) is 74.3 Å². The molecule has 0 spiro atoms. The van der Waals surface area contributed by atoms with Crippen molar-refractivity contribution in [3.05, 3.63) is 174 Å². The van der Waals surface area contributed by atoms with Crippen LogP contribution in [-0.2, 0) is 54.9 Å². The van der Waals surface area contributed by atoms with E-state index < -0.39 is 0 Å². The molecule has 0 unspecified atom stereocenters. The lowest BCUT2D eigenvalue weighted by molar-refractivity contribution is -0.782. The highest BCUT2D eigenvalue weighted by molar-refractivity contribution is 7.12. The van der Waals surface area contributed by atoms with Crippen LogP contribution in [-0.4, -0.2) is 163 Å². The number of hydrogen-bond donors (Lipinski definition) is 12. The lowest BCUT2D eigenvalue weighted by atomic mass is 9.93. The molecule has 20 aromatic heterocycles. The van der Waals surface area contributed by atoms with Crippen molar-refractivity contribution in [3.8, 4) is 0 Å². The molecule has 0 saturated carbocycles. The predicted octanol–water partition coefficient (Wildman–Crippen LogP) is 15.2. The van der Waals surface area contributed by atoms with Crippen molar-refractivity contribution >= 4 is 191 Å². The molecule has 0 bridgehead atoms. The van der Waals surface area contributed by atoms with Gasteiger partial charge in [-0.2, -0.15) is 8.75 Å². The number of nitrogens with zero attached hydrogens (tertiary/aromatic N) is 28. The van der Waals surface area contributed by atoms with Gasteiger partial charge in [0, 0.05) is 88.7 Å². The molecule has 20 rings (SSSR count). The molecule has 0 radical (unpaired) electrons. The first kappa shape index (κ1) is 112. The van der Waals surface area contributed by atoms with Crippen LogP contribution in [0.5, 0.6) is 0 Å². The molecule has 0 amide bonds. The molecule has 20 heterocycles. The first-order chi connectivity index (χ1) is 66.6. The zero-order valence-electron chi connectivity index (χ0n) is 87.7. The highest BCUT2D eigenvalue weighted by atomic mass is 32.1. The Labute approximate surface area is 852 Å². The standard InChI is InChI=1S/C11H15N3.C11H14N2S.C10H14N4O.2C10H13N3OS.C9H13N5O.C9H12N4O.C9H12N4S.2C8H12N6.CH4/c1-11(2,3)14-7-5-8-9(12)4-6-13-10(8)14;1-11(2,3)10-9-7(6-14-10)8(12)4-5-13-9;1-6-12-8-7(9(15)13-6)11-5-14(8)10(2,3)4;1-10(2,3)7-6-5(4-15-7)8(14)13-9(11)12-6;1-5-11-6-7(9(14)12-5)13-15-8(6)10(2,3)4;1-5-10-7-6(8(15)11-5)12-13-14(7)9(2,3)4;1-9(2,3)13-5-12-6-7(13)10-4-11-8(6)14;1-9(2,3)7-5-6(13-14-7)8(10)12-4-11-5;1-8(2,3)14-7-5(12-13-14)6(9)10-4-11-7;1-8(2,3)14-7-5(4-10-14)6(9)11-13-12-7;/h4-7H,1-3H3,(H2,12,13);4-6H,12H2,1-3H3;5H,1-4H3,(H,12,13,15);4H,1-3H3,(H3,11,12,13,14);1-4H3,(H,11,12,14);1-4H3,(H,10,11,15);4-5H,1-3H3,(H,10,11,14);4H,1-3H3,(H2,10,11,12);4H,1-3H3,(H2,9,10,11);4H,1-3H3,(H2,9,10,11,12);1H4/p+1. The predicted molar refractivity (Wildman–Crippen MR) is 582 cm³/mol. The number of hydrogen-bond acceptors (Lipinski definition) is 37. The third-order valence-corrected chi connectivity index (χ3v) is 26.5. The molecule has 0 aliphatic carbocycles. The summed E-state index contributed by atoms with van der Waals surface area (Å²) in [5.74, 6) is 3.22. The number of aromatic nitrogens is 34. The van der Waals surface area contributed by atoms with E-state index in [-0.39, 0.29) is 102 Å². The molecule has 0 saturated heterocycles. The van der Waals surface area contributed by atoms with Crippen molar-refractivity contribution in [2.24, 2.45) is 0 Å². The van der Waals surface area contributed by atoms with Gasteiger partial charge in [-0.05, 0) is 197 Å². The minimum absolute atomic E-state index is 0. The molecule has 772 valence electrons. The van der Waals surface area contributed by atoms with Crippen LogP contribution < -0.4 is 66.9 Å². The molecule has 145 heavy (non-hydrogen) atoms. The molecule has 49 heteroatoms. The monoisotopic (exact) mass is 2060 g/mol. The van der Waals surface area contributed by atoms with Gasteiger partial charge in [0.1, 0.15) is 68.3 Å². The number of aryl methyl sites for hydroxylation is 3. The van der Waals surface area contributed by atoms with E-state index in [4.69, 9.17) is 34.4 Å². The zero-order valence-corrected chi connectivity index (χ0v) is 91.0. The summed E-state index contributed by atoms with van der Waals surface area (Å²) < 4.78 is 19.7. The number of aromatic amines is 6. The Morgan fingerprint density at radius 1 is 0.352 bits per heavy atom. The number of H-pyrrole nitrogens is 6. The molecule has 0 atom stereocenters. The fraction of sp³-hybridized carbons (Fsp3) is 0.458. The van der Waals surface area contributed by atoms with Gasteiger partial charge in [0.25, 0.3) is 27.8 Å². The van der Waals surface area contributed by atoms with Crippen molar-refractivity contribution in [3.63, 3.8) is 0 Å². The van der Waals surface area contributed by atoms with Crippen LogP contribution in [0.1, 0.15) is 252 Å². The number of anilines is 6. The summed E-state index contributed by atoms with van der Waals surface area (Å²) in [6, 6.07) is 5.69. The fourth-order valence-electron chi connectivity index (χ4n) is 14.1. The third-order valence-electron chi connectivity index (χ3n) is 21.1. The summed E-state index contributed by atoms with van der Waals surface area (Å²) in [5.41, 5.74) is 44.9. The first-order valence-corrected chi connectivity index (χ1v) is 49.1. The topological polar surface area (TPSA) is 648 Å². The molecular weight excluding hydrogens is 1920 g/mol. The van der Waals surface area contributed by atoms with Crippen LogP contribution in [0.25, 0.3) is 111 Å². The second-order valence-corrected chi connectivity index (χ2v) is 47.2. The summed E-state index contributed by atoms with van der Waals surface area (Å²) in [4.78, 5) is 129. The summed E-state index contributed by atoms with van der Waals surface area (Å²) >= 11 is 6.11. The molecule has 20 aromatic rings. The van der Waals surface area contributed by atoms with Gasteiger partial charge < -0.3 is 68.0 Å². The number of nitrogens with two attached hydrogens (primary N) is 6. The van der Waals surface area contributed by atoms with Crippen molar-refractivity contribution in [2.75, 3.05) is 34.4 Å². The van der Waals surface area contributed by atoms with Gasteiger partial charge in [-0.15, -0.1) is 37.6 Å². The van der Waals surface area contributed by atoms with Crippen molar-refractivity contribution in [1.82, 2.24) is 163 Å². The van der Waals surface area contributed by atoms with E-state index in [0.717, 1.165) is 81.0 Å². The molecule has 45 nitrogen and oxygen atoms in total.